The Bertz CT molecular complexity index is 383. The minimum atomic E-state index is -0.483. The highest BCUT2D eigenvalue weighted by atomic mass is 79.9. The molecule has 1 rings (SSSR count). The van der Waals surface area contributed by atoms with Crippen molar-refractivity contribution in [3.8, 4) is 0 Å². The second kappa shape index (κ2) is 4.97. The summed E-state index contributed by atoms with van der Waals surface area (Å²) >= 11 is 3.25. The Kier molecular flexibility index (Phi) is 4.10. The number of hydrogen-bond donors (Lipinski definition) is 1. The van der Waals surface area contributed by atoms with Gasteiger partial charge >= 0.3 is 5.97 Å². The van der Waals surface area contributed by atoms with Crippen molar-refractivity contribution in [1.82, 2.24) is 0 Å². The summed E-state index contributed by atoms with van der Waals surface area (Å²) in [5.74, 6) is -0.331. The van der Waals surface area contributed by atoms with E-state index < -0.39 is 5.60 Å². The molecule has 0 radical (unpaired) electrons. The molecular weight excluding hydrogens is 270 g/mol. The Hall–Kier alpha value is -0.870. The van der Waals surface area contributed by atoms with E-state index in [1.54, 1.807) is 18.2 Å². The lowest BCUT2D eigenvalue weighted by molar-refractivity contribution is 0.00694. The Morgan fingerprint density at radius 2 is 2.06 bits per heavy atom. The van der Waals surface area contributed by atoms with Gasteiger partial charge in [-0.05, 0) is 38.5 Å². The average molecular weight is 286 g/mol. The van der Waals surface area contributed by atoms with Gasteiger partial charge in [-0.15, -0.1) is 0 Å². The summed E-state index contributed by atoms with van der Waals surface area (Å²) in [6, 6.07) is 7.09. The highest BCUT2D eigenvalue weighted by Crippen LogP contribution is 2.19. The third kappa shape index (κ3) is 3.94. The molecule has 4 heteroatoms. The van der Waals surface area contributed by atoms with E-state index in [2.05, 4.69) is 15.9 Å². The number of rotatable bonds is 2. The molecule has 0 aliphatic heterocycles. The first-order valence-corrected chi connectivity index (χ1v) is 5.94. The molecule has 0 fully saturated rings. The molecule has 3 nitrogen and oxygen atoms in total. The van der Waals surface area contributed by atoms with Gasteiger partial charge in [-0.3, -0.25) is 0 Å². The fraction of sp³-hybridized carbons (Fsp3) is 0.417. The molecule has 16 heavy (non-hydrogen) atoms. The number of carbonyl (C=O) groups is 1. The number of ether oxygens (including phenoxy) is 1. The van der Waals surface area contributed by atoms with Crippen molar-refractivity contribution in [2.45, 2.75) is 31.3 Å². The van der Waals surface area contributed by atoms with E-state index in [0.29, 0.717) is 5.56 Å². The monoisotopic (exact) mass is 285 g/mol. The number of halogens is 1. The minimum Gasteiger partial charge on any atom is -0.456 e. The van der Waals surface area contributed by atoms with Crippen LogP contribution in [0.2, 0.25) is 0 Å². The molecule has 1 unspecified atom stereocenters. The molecule has 2 N–H and O–H groups in total. The predicted octanol–water partition coefficient (Wildman–Crippen LogP) is 2.99. The van der Waals surface area contributed by atoms with E-state index in [1.165, 1.54) is 0 Å². The maximum Gasteiger partial charge on any atom is 0.338 e. The largest absolute Gasteiger partial charge is 0.456 e. The van der Waals surface area contributed by atoms with Crippen LogP contribution in [0.1, 0.15) is 41.6 Å². The quantitative estimate of drug-likeness (QED) is 0.516. The number of benzene rings is 1. The van der Waals surface area contributed by atoms with Gasteiger partial charge < -0.3 is 10.5 Å². The molecule has 0 aromatic heterocycles. The van der Waals surface area contributed by atoms with Gasteiger partial charge in [0.05, 0.1) is 10.5 Å². The van der Waals surface area contributed by atoms with Crippen molar-refractivity contribution >= 4 is 21.9 Å². The Morgan fingerprint density at radius 3 is 2.56 bits per heavy atom. The van der Waals surface area contributed by atoms with Crippen molar-refractivity contribution in [1.29, 1.82) is 0 Å². The molecule has 88 valence electrons. The number of carbonyl (C=O) groups excluding carboxylic acids is 1. The van der Waals surface area contributed by atoms with E-state index in [4.69, 9.17) is 10.5 Å². The number of alkyl halides is 1. The fourth-order valence-corrected chi connectivity index (χ4v) is 1.46. The van der Waals surface area contributed by atoms with E-state index in [9.17, 15) is 4.79 Å². The van der Waals surface area contributed by atoms with Gasteiger partial charge in [0.1, 0.15) is 5.60 Å². The zero-order valence-corrected chi connectivity index (χ0v) is 11.2. The fourth-order valence-electron chi connectivity index (χ4n) is 1.17. The smallest absolute Gasteiger partial charge is 0.338 e. The molecule has 0 heterocycles. The summed E-state index contributed by atoms with van der Waals surface area (Å²) < 4.78 is 5.26. The zero-order valence-electron chi connectivity index (χ0n) is 9.66. The third-order valence-electron chi connectivity index (χ3n) is 1.84. The van der Waals surface area contributed by atoms with Gasteiger partial charge in [0, 0.05) is 0 Å². The van der Waals surface area contributed by atoms with Gasteiger partial charge in [-0.25, -0.2) is 4.79 Å². The number of esters is 1. The number of hydrogen-bond acceptors (Lipinski definition) is 3. The van der Waals surface area contributed by atoms with Crippen LogP contribution >= 0.6 is 15.9 Å². The first-order chi connectivity index (χ1) is 7.29. The minimum absolute atomic E-state index is 0.269. The molecule has 0 spiro atoms. The lowest BCUT2D eigenvalue weighted by atomic mass is 10.1. The standard InChI is InChI=1S/C12H16BrNO2/c1-12(2,3)16-11(15)9-6-4-5-8(7-9)10(13)14/h4-7,10H,14H2,1-3H3. The first-order valence-electron chi connectivity index (χ1n) is 5.02. The molecule has 0 bridgehead atoms. The number of nitrogens with two attached hydrogens (primary N) is 1. The predicted molar refractivity (Wildman–Crippen MR) is 67.5 cm³/mol. The summed E-state index contributed by atoms with van der Waals surface area (Å²) in [6.45, 7) is 5.51. The molecule has 0 saturated heterocycles. The maximum atomic E-state index is 11.8. The van der Waals surface area contributed by atoms with Crippen molar-refractivity contribution in [3.63, 3.8) is 0 Å². The van der Waals surface area contributed by atoms with Crippen molar-refractivity contribution < 1.29 is 9.53 Å². The van der Waals surface area contributed by atoms with Gasteiger partial charge in [-0.2, -0.15) is 0 Å². The Morgan fingerprint density at radius 1 is 1.44 bits per heavy atom. The van der Waals surface area contributed by atoms with E-state index in [1.807, 2.05) is 26.8 Å². The first kappa shape index (κ1) is 13.2. The van der Waals surface area contributed by atoms with Crippen LogP contribution in [0.15, 0.2) is 24.3 Å². The molecular formula is C12H16BrNO2. The summed E-state index contributed by atoms with van der Waals surface area (Å²) in [5.41, 5.74) is 6.56. The van der Waals surface area contributed by atoms with Crippen molar-refractivity contribution in [3.05, 3.63) is 35.4 Å². The van der Waals surface area contributed by atoms with Crippen LogP contribution < -0.4 is 5.73 Å². The maximum absolute atomic E-state index is 11.8. The SMILES string of the molecule is CC(C)(C)OC(=O)c1cccc(C(N)Br)c1. The highest BCUT2D eigenvalue weighted by Gasteiger charge is 2.18. The lowest BCUT2D eigenvalue weighted by Gasteiger charge is -2.19. The summed E-state index contributed by atoms with van der Waals surface area (Å²) in [5, 5.41) is 0. The molecule has 1 atom stereocenters. The molecule has 0 aliphatic rings. The molecule has 0 amide bonds. The summed E-state index contributed by atoms with van der Waals surface area (Å²) in [4.78, 5) is 11.5. The molecule has 1 aromatic rings. The van der Waals surface area contributed by atoms with E-state index in [0.717, 1.165) is 5.56 Å². The van der Waals surface area contributed by atoms with Crippen LogP contribution in [-0.4, -0.2) is 11.6 Å². The normalized spacial score (nSPS) is 13.3. The second-order valence-electron chi connectivity index (χ2n) is 4.53. The van der Waals surface area contributed by atoms with Crippen LogP contribution in [0.4, 0.5) is 0 Å². The summed E-state index contributed by atoms with van der Waals surface area (Å²) in [6.07, 6.45) is 0. The lowest BCUT2D eigenvalue weighted by Crippen LogP contribution is -2.24. The Labute approximate surface area is 104 Å². The van der Waals surface area contributed by atoms with Crippen LogP contribution in [-0.2, 0) is 4.74 Å². The topological polar surface area (TPSA) is 52.3 Å². The summed E-state index contributed by atoms with van der Waals surface area (Å²) in [7, 11) is 0. The van der Waals surface area contributed by atoms with Gasteiger partial charge in [-0.1, -0.05) is 28.1 Å². The highest BCUT2D eigenvalue weighted by molar-refractivity contribution is 9.09. The van der Waals surface area contributed by atoms with E-state index in [-0.39, 0.29) is 10.9 Å². The van der Waals surface area contributed by atoms with Crippen LogP contribution in [0, 0.1) is 0 Å². The van der Waals surface area contributed by atoms with Crippen molar-refractivity contribution in [2.24, 2.45) is 5.73 Å². The average Bonchev–Trinajstić information content (AvgIpc) is 2.15. The van der Waals surface area contributed by atoms with Crippen LogP contribution in [0.5, 0.6) is 0 Å². The molecule has 0 saturated carbocycles. The van der Waals surface area contributed by atoms with E-state index >= 15 is 0 Å². The third-order valence-corrected chi connectivity index (χ3v) is 2.37. The second-order valence-corrected chi connectivity index (χ2v) is 5.52. The van der Waals surface area contributed by atoms with Crippen LogP contribution in [0.3, 0.4) is 0 Å². The van der Waals surface area contributed by atoms with Crippen molar-refractivity contribution in [2.75, 3.05) is 0 Å². The zero-order chi connectivity index (χ0) is 12.3. The van der Waals surface area contributed by atoms with Gasteiger partial charge in [0.25, 0.3) is 0 Å². The molecule has 1 aromatic carbocycles. The Balaban J connectivity index is 2.88. The van der Waals surface area contributed by atoms with Crippen LogP contribution in [0.25, 0.3) is 0 Å². The molecule has 0 aliphatic carbocycles. The van der Waals surface area contributed by atoms with Gasteiger partial charge in [0.2, 0.25) is 0 Å². The van der Waals surface area contributed by atoms with Gasteiger partial charge in [0.15, 0.2) is 0 Å².